The average Bonchev–Trinajstić information content (AvgIpc) is 1.95. The van der Waals surface area contributed by atoms with Crippen LogP contribution < -0.4 is 11.1 Å². The summed E-state index contributed by atoms with van der Waals surface area (Å²) in [4.78, 5) is 10.6. The van der Waals surface area contributed by atoms with Gasteiger partial charge >= 0.3 is 0 Å². The van der Waals surface area contributed by atoms with Crippen LogP contribution in [0.25, 0.3) is 0 Å². The Morgan fingerprint density at radius 1 is 1.46 bits per heavy atom. The fourth-order valence-corrected chi connectivity index (χ4v) is 0.836. The first-order valence-corrected chi connectivity index (χ1v) is 4.54. The molecule has 0 aliphatic rings. The van der Waals surface area contributed by atoms with Gasteiger partial charge in [0.2, 0.25) is 5.91 Å². The number of primary amides is 1. The van der Waals surface area contributed by atoms with Gasteiger partial charge in [0.25, 0.3) is 0 Å². The number of hydrogen-bond acceptors (Lipinski definition) is 2. The Balaban J connectivity index is 3.68. The van der Waals surface area contributed by atoms with Crippen LogP contribution in [-0.4, -0.2) is 18.0 Å². The number of hydrogen-bond donors (Lipinski definition) is 2. The Labute approximate surface area is 80.4 Å². The molecular weight excluding hydrogens is 164 g/mol. The van der Waals surface area contributed by atoms with Crippen LogP contribution in [0.15, 0.2) is 11.6 Å². The van der Waals surface area contributed by atoms with Crippen LogP contribution in [0.1, 0.15) is 34.1 Å². The number of carbonyl (C=O) groups is 1. The van der Waals surface area contributed by atoms with Crippen LogP contribution in [0.5, 0.6) is 0 Å². The first-order valence-electron chi connectivity index (χ1n) is 4.54. The molecule has 0 radical (unpaired) electrons. The normalized spacial score (nSPS) is 13.1. The summed E-state index contributed by atoms with van der Waals surface area (Å²) in [6.45, 7) is 8.93. The van der Waals surface area contributed by atoms with Crippen molar-refractivity contribution in [2.45, 2.75) is 39.7 Å². The monoisotopic (exact) mass is 184 g/mol. The zero-order chi connectivity index (χ0) is 10.5. The molecule has 0 heterocycles. The first-order chi connectivity index (χ1) is 5.83. The highest BCUT2D eigenvalue weighted by Crippen LogP contribution is 1.99. The topological polar surface area (TPSA) is 55.1 Å². The van der Waals surface area contributed by atoms with E-state index >= 15 is 0 Å². The number of carbonyl (C=O) groups excluding carboxylic acids is 1. The standard InChI is InChI=1S/C10H20N2O/c1-8(9(11)13)6-5-7-12-10(2,3)4/h6,12H,5,7H2,1-4H3,(H2,11,13)/b8-6+. The molecule has 0 aromatic rings. The van der Waals surface area contributed by atoms with Crippen molar-refractivity contribution in [2.75, 3.05) is 6.54 Å². The molecule has 3 nitrogen and oxygen atoms in total. The van der Waals surface area contributed by atoms with Crippen molar-refractivity contribution in [1.29, 1.82) is 0 Å². The molecule has 0 saturated heterocycles. The van der Waals surface area contributed by atoms with E-state index in [0.717, 1.165) is 13.0 Å². The van der Waals surface area contributed by atoms with Gasteiger partial charge in [-0.1, -0.05) is 6.08 Å². The zero-order valence-corrected chi connectivity index (χ0v) is 8.98. The molecule has 76 valence electrons. The fraction of sp³-hybridized carbons (Fsp3) is 0.700. The highest BCUT2D eigenvalue weighted by Gasteiger charge is 2.06. The maximum absolute atomic E-state index is 10.6. The maximum Gasteiger partial charge on any atom is 0.244 e. The summed E-state index contributed by atoms with van der Waals surface area (Å²) in [6, 6.07) is 0. The smallest absolute Gasteiger partial charge is 0.244 e. The van der Waals surface area contributed by atoms with Crippen molar-refractivity contribution in [2.24, 2.45) is 5.73 Å². The van der Waals surface area contributed by atoms with Gasteiger partial charge in [-0.15, -0.1) is 0 Å². The summed E-state index contributed by atoms with van der Waals surface area (Å²) in [5.41, 5.74) is 5.84. The lowest BCUT2D eigenvalue weighted by atomic mass is 10.1. The molecule has 1 amide bonds. The van der Waals surface area contributed by atoms with Gasteiger partial charge in [0, 0.05) is 11.1 Å². The van der Waals surface area contributed by atoms with E-state index in [2.05, 4.69) is 26.1 Å². The van der Waals surface area contributed by atoms with Gasteiger partial charge in [0.15, 0.2) is 0 Å². The Kier molecular flexibility index (Phi) is 4.70. The number of nitrogens with two attached hydrogens (primary N) is 1. The van der Waals surface area contributed by atoms with Crippen molar-refractivity contribution in [3.63, 3.8) is 0 Å². The molecule has 0 aromatic heterocycles. The Morgan fingerprint density at radius 3 is 2.38 bits per heavy atom. The summed E-state index contributed by atoms with van der Waals surface area (Å²) in [5, 5.41) is 3.32. The zero-order valence-electron chi connectivity index (χ0n) is 8.98. The van der Waals surface area contributed by atoms with Crippen molar-refractivity contribution < 1.29 is 4.79 Å². The summed E-state index contributed by atoms with van der Waals surface area (Å²) in [5.74, 6) is -0.337. The summed E-state index contributed by atoms with van der Waals surface area (Å²) in [7, 11) is 0. The van der Waals surface area contributed by atoms with E-state index < -0.39 is 0 Å². The molecule has 0 aliphatic carbocycles. The summed E-state index contributed by atoms with van der Waals surface area (Å²) >= 11 is 0. The number of amides is 1. The second kappa shape index (κ2) is 5.02. The number of rotatable bonds is 4. The third kappa shape index (κ3) is 7.53. The Bertz CT molecular complexity index is 201. The van der Waals surface area contributed by atoms with E-state index in [1.54, 1.807) is 6.92 Å². The van der Waals surface area contributed by atoms with Gasteiger partial charge in [-0.3, -0.25) is 4.79 Å². The molecule has 3 heteroatoms. The molecule has 0 fully saturated rings. The quantitative estimate of drug-likeness (QED) is 0.509. The molecule has 0 atom stereocenters. The SMILES string of the molecule is C/C(=C\CCNC(C)(C)C)C(N)=O. The molecule has 0 aliphatic heterocycles. The summed E-state index contributed by atoms with van der Waals surface area (Å²) in [6.07, 6.45) is 2.70. The fourth-order valence-electron chi connectivity index (χ4n) is 0.836. The van der Waals surface area contributed by atoms with Gasteiger partial charge in [0.05, 0.1) is 0 Å². The lowest BCUT2D eigenvalue weighted by molar-refractivity contribution is -0.114. The van der Waals surface area contributed by atoms with Gasteiger partial charge in [-0.2, -0.15) is 0 Å². The minimum atomic E-state index is -0.337. The molecule has 0 aromatic carbocycles. The average molecular weight is 184 g/mol. The molecule has 3 N–H and O–H groups in total. The molecule has 0 bridgehead atoms. The van der Waals surface area contributed by atoms with Crippen molar-refractivity contribution in [3.05, 3.63) is 11.6 Å². The van der Waals surface area contributed by atoms with Crippen LogP contribution in [0.4, 0.5) is 0 Å². The maximum atomic E-state index is 10.6. The van der Waals surface area contributed by atoms with E-state index in [-0.39, 0.29) is 11.4 Å². The Morgan fingerprint density at radius 2 is 2.00 bits per heavy atom. The molecule has 0 saturated carbocycles. The third-order valence-corrected chi connectivity index (χ3v) is 1.64. The van der Waals surface area contributed by atoms with Gasteiger partial charge < -0.3 is 11.1 Å². The van der Waals surface area contributed by atoms with Crippen LogP contribution in [0, 0.1) is 0 Å². The van der Waals surface area contributed by atoms with Crippen molar-refractivity contribution in [3.8, 4) is 0 Å². The Hall–Kier alpha value is -0.830. The molecule has 0 unspecified atom stereocenters. The van der Waals surface area contributed by atoms with Crippen molar-refractivity contribution in [1.82, 2.24) is 5.32 Å². The second-order valence-corrected chi connectivity index (χ2v) is 4.22. The summed E-state index contributed by atoms with van der Waals surface area (Å²) < 4.78 is 0. The van der Waals surface area contributed by atoms with E-state index in [1.165, 1.54) is 0 Å². The lowest BCUT2D eigenvalue weighted by Crippen LogP contribution is -2.36. The minimum Gasteiger partial charge on any atom is -0.366 e. The second-order valence-electron chi connectivity index (χ2n) is 4.22. The number of nitrogens with one attached hydrogen (secondary N) is 1. The van der Waals surface area contributed by atoms with E-state index in [0.29, 0.717) is 5.57 Å². The molecule has 0 spiro atoms. The minimum absolute atomic E-state index is 0.133. The predicted molar refractivity (Wildman–Crippen MR) is 55.3 cm³/mol. The molecule has 0 rings (SSSR count). The van der Waals surface area contributed by atoms with E-state index in [9.17, 15) is 4.79 Å². The highest BCUT2D eigenvalue weighted by molar-refractivity contribution is 5.91. The van der Waals surface area contributed by atoms with Crippen LogP contribution in [0.2, 0.25) is 0 Å². The van der Waals surface area contributed by atoms with Gasteiger partial charge in [-0.25, -0.2) is 0 Å². The van der Waals surface area contributed by atoms with Crippen LogP contribution in [-0.2, 0) is 4.79 Å². The highest BCUT2D eigenvalue weighted by atomic mass is 16.1. The molecule has 13 heavy (non-hydrogen) atoms. The van der Waals surface area contributed by atoms with Gasteiger partial charge in [0.1, 0.15) is 0 Å². The lowest BCUT2D eigenvalue weighted by Gasteiger charge is -2.19. The first kappa shape index (κ1) is 12.2. The van der Waals surface area contributed by atoms with Crippen molar-refractivity contribution >= 4 is 5.91 Å². The van der Waals surface area contributed by atoms with E-state index in [4.69, 9.17) is 5.73 Å². The largest absolute Gasteiger partial charge is 0.366 e. The van der Waals surface area contributed by atoms with E-state index in [1.807, 2.05) is 6.08 Å². The van der Waals surface area contributed by atoms with Crippen LogP contribution >= 0.6 is 0 Å². The third-order valence-electron chi connectivity index (χ3n) is 1.64. The predicted octanol–water partition coefficient (Wildman–Crippen LogP) is 1.20. The van der Waals surface area contributed by atoms with Crippen LogP contribution in [0.3, 0.4) is 0 Å². The van der Waals surface area contributed by atoms with Gasteiger partial charge in [-0.05, 0) is 40.7 Å². The molecular formula is C10H20N2O.